The lowest BCUT2D eigenvalue weighted by molar-refractivity contribution is -0.893. The Balaban J connectivity index is 3.61. The van der Waals surface area contributed by atoms with Crippen LogP contribution in [0, 0.1) is 0 Å². The predicted octanol–water partition coefficient (Wildman–Crippen LogP) is 5.51. The number of Topliss-reactive ketones (excluding diaryl/α,β-unsaturated/α-hetero) is 1. The van der Waals surface area contributed by atoms with Crippen LogP contribution >= 0.6 is 0 Å². The van der Waals surface area contributed by atoms with E-state index in [1.165, 1.54) is 51.4 Å². The van der Waals surface area contributed by atoms with Gasteiger partial charge < -0.3 is 14.3 Å². The molecule has 4 heteroatoms. The second-order valence-electron chi connectivity index (χ2n) is 9.14. The molecular weight excluding hydrogens is 350 g/mol. The largest absolute Gasteiger partial charge is 0.385 e. The van der Waals surface area contributed by atoms with Crippen molar-refractivity contribution < 1.29 is 19.1 Å². The van der Waals surface area contributed by atoms with Crippen molar-refractivity contribution in [2.24, 2.45) is 0 Å². The second-order valence-corrected chi connectivity index (χ2v) is 9.14. The van der Waals surface area contributed by atoms with Crippen LogP contribution in [0.5, 0.6) is 0 Å². The van der Waals surface area contributed by atoms with Gasteiger partial charge in [0, 0.05) is 25.9 Å². The number of hydrogen-bond acceptors (Lipinski definition) is 3. The van der Waals surface area contributed by atoms with E-state index < -0.39 is 6.10 Å². The van der Waals surface area contributed by atoms with E-state index in [1.807, 2.05) is 0 Å². The zero-order valence-electron chi connectivity index (χ0n) is 19.5. The van der Waals surface area contributed by atoms with E-state index in [-0.39, 0.29) is 0 Å². The van der Waals surface area contributed by atoms with Crippen LogP contribution in [0.25, 0.3) is 0 Å². The number of aliphatic hydroxyl groups is 1. The minimum Gasteiger partial charge on any atom is -0.385 e. The smallest absolute Gasteiger partial charge is 0.133 e. The van der Waals surface area contributed by atoms with Gasteiger partial charge in [-0.05, 0) is 12.8 Å². The average molecular weight is 401 g/mol. The topological polar surface area (TPSA) is 46.5 Å². The van der Waals surface area contributed by atoms with Gasteiger partial charge in [-0.3, -0.25) is 4.79 Å². The van der Waals surface area contributed by atoms with Gasteiger partial charge in [-0.2, -0.15) is 0 Å². The highest BCUT2D eigenvalue weighted by Crippen LogP contribution is 2.12. The summed E-state index contributed by atoms with van der Waals surface area (Å²) in [6, 6.07) is 0. The molecule has 0 aromatic carbocycles. The van der Waals surface area contributed by atoms with Gasteiger partial charge in [0.1, 0.15) is 18.4 Å². The molecular formula is C24H50NO3+. The standard InChI is InChI=1S/C24H50NO3/c1-5-7-9-10-11-12-13-14-15-17-23(26)18-16-19-25(3,4)21-24(27)22-28-20-8-6-2/h24,27H,5-22H2,1-4H3/q+1. The van der Waals surface area contributed by atoms with Gasteiger partial charge in [0.05, 0.1) is 27.2 Å². The molecule has 0 aromatic heterocycles. The van der Waals surface area contributed by atoms with Crippen LogP contribution in [-0.4, -0.2) is 61.9 Å². The normalized spacial score (nSPS) is 13.0. The molecule has 0 amide bonds. The summed E-state index contributed by atoms with van der Waals surface area (Å²) in [7, 11) is 4.25. The molecule has 0 radical (unpaired) electrons. The Morgan fingerprint density at radius 1 is 0.821 bits per heavy atom. The Kier molecular flexibility index (Phi) is 18.3. The van der Waals surface area contributed by atoms with Gasteiger partial charge in [0.2, 0.25) is 0 Å². The quantitative estimate of drug-likeness (QED) is 0.204. The van der Waals surface area contributed by atoms with Crippen LogP contribution in [0.2, 0.25) is 0 Å². The van der Waals surface area contributed by atoms with Crippen molar-refractivity contribution >= 4 is 5.78 Å². The molecule has 1 N–H and O–H groups in total. The summed E-state index contributed by atoms with van der Waals surface area (Å²) < 4.78 is 6.25. The van der Waals surface area contributed by atoms with E-state index in [4.69, 9.17) is 4.74 Å². The number of quaternary nitrogens is 1. The number of hydrogen-bond donors (Lipinski definition) is 1. The van der Waals surface area contributed by atoms with Gasteiger partial charge in [-0.1, -0.05) is 71.6 Å². The monoisotopic (exact) mass is 400 g/mol. The number of nitrogens with zero attached hydrogens (tertiary/aromatic N) is 1. The first kappa shape index (κ1) is 27.5. The highest BCUT2D eigenvalue weighted by atomic mass is 16.5. The fourth-order valence-electron chi connectivity index (χ4n) is 3.64. The first-order valence-corrected chi connectivity index (χ1v) is 12.0. The summed E-state index contributed by atoms with van der Waals surface area (Å²) in [5, 5.41) is 10.1. The molecule has 0 saturated carbocycles. The Hall–Kier alpha value is -0.450. The Bertz CT molecular complexity index is 358. The molecule has 0 aliphatic carbocycles. The molecule has 4 nitrogen and oxygen atoms in total. The predicted molar refractivity (Wildman–Crippen MR) is 120 cm³/mol. The summed E-state index contributed by atoms with van der Waals surface area (Å²) in [6.07, 6.45) is 15.7. The summed E-state index contributed by atoms with van der Waals surface area (Å²) >= 11 is 0. The number of carbonyl (C=O) groups is 1. The van der Waals surface area contributed by atoms with Crippen molar-refractivity contribution in [3.63, 3.8) is 0 Å². The number of ketones is 1. The van der Waals surface area contributed by atoms with Crippen molar-refractivity contribution in [3.8, 4) is 0 Å². The third-order valence-corrected chi connectivity index (χ3v) is 5.44. The zero-order chi connectivity index (χ0) is 21.1. The maximum absolute atomic E-state index is 12.1. The van der Waals surface area contributed by atoms with Crippen molar-refractivity contribution in [2.75, 3.05) is 40.4 Å². The molecule has 0 saturated heterocycles. The maximum atomic E-state index is 12.1. The minimum absolute atomic E-state index is 0.409. The fraction of sp³-hybridized carbons (Fsp3) is 0.958. The summed E-state index contributed by atoms with van der Waals surface area (Å²) in [5.74, 6) is 0.409. The molecule has 0 aromatic rings. The summed E-state index contributed by atoms with van der Waals surface area (Å²) in [4.78, 5) is 12.1. The average Bonchev–Trinajstić information content (AvgIpc) is 2.63. The first-order valence-electron chi connectivity index (χ1n) is 12.0. The number of likely N-dealkylation sites (N-methyl/N-ethyl adjacent to an activating group) is 1. The van der Waals surface area contributed by atoms with Crippen molar-refractivity contribution in [1.82, 2.24) is 0 Å². The third kappa shape index (κ3) is 18.9. The van der Waals surface area contributed by atoms with E-state index in [1.54, 1.807) is 0 Å². The van der Waals surface area contributed by atoms with Crippen LogP contribution < -0.4 is 0 Å². The number of ether oxygens (including phenoxy) is 1. The molecule has 0 fully saturated rings. The summed E-state index contributed by atoms with van der Waals surface area (Å²) in [5.41, 5.74) is 0. The van der Waals surface area contributed by atoms with Crippen LogP contribution in [0.1, 0.15) is 104 Å². The highest BCUT2D eigenvalue weighted by Gasteiger charge is 2.20. The Morgan fingerprint density at radius 3 is 1.96 bits per heavy atom. The van der Waals surface area contributed by atoms with Crippen molar-refractivity contribution in [1.29, 1.82) is 0 Å². The Labute approximate surface area is 175 Å². The van der Waals surface area contributed by atoms with E-state index in [0.29, 0.717) is 25.4 Å². The maximum Gasteiger partial charge on any atom is 0.133 e. The second kappa shape index (κ2) is 18.6. The lowest BCUT2D eigenvalue weighted by Crippen LogP contribution is -2.47. The van der Waals surface area contributed by atoms with Crippen molar-refractivity contribution in [3.05, 3.63) is 0 Å². The number of aliphatic hydroxyl groups excluding tert-OH is 1. The first-order chi connectivity index (χ1) is 13.4. The third-order valence-electron chi connectivity index (χ3n) is 5.44. The molecule has 0 bridgehead atoms. The highest BCUT2D eigenvalue weighted by molar-refractivity contribution is 5.78. The van der Waals surface area contributed by atoms with E-state index in [2.05, 4.69) is 27.9 Å². The lowest BCUT2D eigenvalue weighted by atomic mass is 10.0. The molecule has 0 spiro atoms. The van der Waals surface area contributed by atoms with Crippen LogP contribution in [0.3, 0.4) is 0 Å². The SMILES string of the molecule is CCCCCCCCCCCC(=O)CCC[N+](C)(C)CC(O)COCCCC. The Morgan fingerprint density at radius 2 is 1.36 bits per heavy atom. The number of unbranched alkanes of at least 4 members (excludes halogenated alkanes) is 9. The molecule has 168 valence electrons. The summed E-state index contributed by atoms with van der Waals surface area (Å²) in [6.45, 7) is 7.14. The van der Waals surface area contributed by atoms with Crippen LogP contribution in [0.4, 0.5) is 0 Å². The zero-order valence-corrected chi connectivity index (χ0v) is 19.5. The van der Waals surface area contributed by atoms with Gasteiger partial charge in [-0.15, -0.1) is 0 Å². The van der Waals surface area contributed by atoms with Crippen molar-refractivity contribution in [2.45, 2.75) is 110 Å². The molecule has 1 atom stereocenters. The van der Waals surface area contributed by atoms with Gasteiger partial charge in [-0.25, -0.2) is 0 Å². The fourth-order valence-corrected chi connectivity index (χ4v) is 3.64. The lowest BCUT2D eigenvalue weighted by Gasteiger charge is -2.31. The van der Waals surface area contributed by atoms with Gasteiger partial charge in [0.25, 0.3) is 0 Å². The van der Waals surface area contributed by atoms with Gasteiger partial charge in [0.15, 0.2) is 0 Å². The van der Waals surface area contributed by atoms with Crippen LogP contribution in [0.15, 0.2) is 0 Å². The molecule has 0 aliphatic rings. The number of rotatable bonds is 21. The molecule has 0 heterocycles. The molecule has 28 heavy (non-hydrogen) atoms. The van der Waals surface area contributed by atoms with Gasteiger partial charge >= 0.3 is 0 Å². The molecule has 0 rings (SSSR count). The molecule has 0 aliphatic heterocycles. The van der Waals surface area contributed by atoms with Crippen LogP contribution in [-0.2, 0) is 9.53 Å². The van der Waals surface area contributed by atoms with E-state index in [9.17, 15) is 9.90 Å². The van der Waals surface area contributed by atoms with E-state index in [0.717, 1.165) is 49.7 Å². The molecule has 1 unspecified atom stereocenters. The number of carbonyl (C=O) groups excluding carboxylic acids is 1. The minimum atomic E-state index is -0.426. The van der Waals surface area contributed by atoms with E-state index >= 15 is 0 Å².